The Morgan fingerprint density at radius 2 is 1.85 bits per heavy atom. The molecule has 0 N–H and O–H groups in total. The Bertz CT molecular complexity index is 376. The summed E-state index contributed by atoms with van der Waals surface area (Å²) in [4.78, 5) is 10.7. The molecule has 13 heavy (non-hydrogen) atoms. The Labute approximate surface area is 80.7 Å². The van der Waals surface area contributed by atoms with Gasteiger partial charge in [-0.3, -0.25) is 4.79 Å². The zero-order valence-corrected chi connectivity index (χ0v) is 8.08. The predicted molar refractivity (Wildman–Crippen MR) is 44.0 cm³/mol. The maximum absolute atomic E-state index is 12.9. The first-order chi connectivity index (χ1) is 5.95. The Balaban J connectivity index is 3.50. The summed E-state index contributed by atoms with van der Waals surface area (Å²) >= 11 is 2.51. The van der Waals surface area contributed by atoms with Crippen LogP contribution < -0.4 is 0 Å². The van der Waals surface area contributed by atoms with Crippen molar-refractivity contribution in [1.82, 2.24) is 0 Å². The average molecular weight is 253 g/mol. The number of Topliss-reactive ketones (excluding diaryl/α,β-unsaturated/α-hetero) is 1. The first-order valence-corrected chi connectivity index (χ1v) is 4.08. The van der Waals surface area contributed by atoms with Gasteiger partial charge in [0.05, 0.1) is 10.0 Å². The minimum Gasteiger partial charge on any atom is -0.294 e. The van der Waals surface area contributed by atoms with Crippen molar-refractivity contribution in [3.8, 4) is 0 Å². The molecular weight excluding hydrogens is 249 g/mol. The van der Waals surface area contributed by atoms with E-state index in [0.29, 0.717) is 6.07 Å². The largest absolute Gasteiger partial charge is 0.294 e. The van der Waals surface area contributed by atoms with Crippen LogP contribution in [0.4, 0.5) is 13.2 Å². The van der Waals surface area contributed by atoms with Gasteiger partial charge in [0, 0.05) is 0 Å². The van der Waals surface area contributed by atoms with Gasteiger partial charge in [-0.15, -0.1) is 0 Å². The van der Waals surface area contributed by atoms with Crippen LogP contribution in [0.2, 0.25) is 0 Å². The van der Waals surface area contributed by atoms with Gasteiger partial charge in [-0.1, -0.05) is 0 Å². The molecule has 0 bridgehead atoms. The fraction of sp³-hybridized carbons (Fsp3) is 0.125. The fourth-order valence-electron chi connectivity index (χ4n) is 0.829. The molecule has 0 heterocycles. The lowest BCUT2D eigenvalue weighted by atomic mass is 10.1. The molecule has 0 aliphatic rings. The highest BCUT2D eigenvalue weighted by atomic mass is 79.9. The number of hydrogen-bond acceptors (Lipinski definition) is 1. The quantitative estimate of drug-likeness (QED) is 0.427. The molecule has 0 saturated heterocycles. The molecular formula is C8H4BrF3O. The second kappa shape index (κ2) is 3.49. The van der Waals surface area contributed by atoms with Crippen molar-refractivity contribution in [2.45, 2.75) is 6.92 Å². The van der Waals surface area contributed by atoms with E-state index in [1.807, 2.05) is 0 Å². The molecule has 0 spiro atoms. The van der Waals surface area contributed by atoms with E-state index in [1.54, 1.807) is 0 Å². The molecule has 0 saturated carbocycles. The maximum Gasteiger partial charge on any atom is 0.176 e. The molecule has 1 aromatic carbocycles. The number of rotatable bonds is 1. The van der Waals surface area contributed by atoms with Crippen molar-refractivity contribution in [1.29, 1.82) is 0 Å². The van der Waals surface area contributed by atoms with Crippen molar-refractivity contribution in [3.05, 3.63) is 33.6 Å². The van der Waals surface area contributed by atoms with E-state index in [2.05, 4.69) is 15.9 Å². The highest BCUT2D eigenvalue weighted by Gasteiger charge is 2.18. The number of ketones is 1. The summed E-state index contributed by atoms with van der Waals surface area (Å²) in [6.07, 6.45) is 0. The monoisotopic (exact) mass is 252 g/mol. The molecule has 0 amide bonds. The van der Waals surface area contributed by atoms with Crippen molar-refractivity contribution < 1.29 is 18.0 Å². The first kappa shape index (κ1) is 10.2. The van der Waals surface area contributed by atoms with Crippen LogP contribution in [-0.2, 0) is 0 Å². The van der Waals surface area contributed by atoms with E-state index in [0.717, 1.165) is 6.92 Å². The van der Waals surface area contributed by atoms with Gasteiger partial charge >= 0.3 is 0 Å². The molecule has 0 unspecified atom stereocenters. The van der Waals surface area contributed by atoms with Gasteiger partial charge in [-0.2, -0.15) is 0 Å². The Kier molecular flexibility index (Phi) is 2.75. The zero-order valence-electron chi connectivity index (χ0n) is 6.50. The van der Waals surface area contributed by atoms with Crippen molar-refractivity contribution in [2.75, 3.05) is 0 Å². The summed E-state index contributed by atoms with van der Waals surface area (Å²) in [6.45, 7) is 1.03. The highest BCUT2D eigenvalue weighted by molar-refractivity contribution is 9.10. The van der Waals surface area contributed by atoms with Crippen LogP contribution in [0.25, 0.3) is 0 Å². The van der Waals surface area contributed by atoms with E-state index in [9.17, 15) is 18.0 Å². The van der Waals surface area contributed by atoms with Crippen molar-refractivity contribution >= 4 is 21.7 Å². The topological polar surface area (TPSA) is 17.1 Å². The van der Waals surface area contributed by atoms with Crippen LogP contribution in [-0.4, -0.2) is 5.78 Å². The summed E-state index contributed by atoms with van der Waals surface area (Å²) in [5.41, 5.74) is -0.585. The lowest BCUT2D eigenvalue weighted by Gasteiger charge is -2.02. The van der Waals surface area contributed by atoms with E-state index >= 15 is 0 Å². The summed E-state index contributed by atoms with van der Waals surface area (Å²) in [7, 11) is 0. The number of benzene rings is 1. The highest BCUT2D eigenvalue weighted by Crippen LogP contribution is 2.24. The number of carbonyl (C=O) groups excluding carboxylic acids is 1. The van der Waals surface area contributed by atoms with Crippen LogP contribution in [0.3, 0.4) is 0 Å². The molecule has 0 aliphatic heterocycles. The van der Waals surface area contributed by atoms with Gasteiger partial charge in [0.1, 0.15) is 5.82 Å². The molecule has 0 atom stereocenters. The van der Waals surface area contributed by atoms with Gasteiger partial charge in [0.2, 0.25) is 0 Å². The molecule has 1 rings (SSSR count). The minimum atomic E-state index is -1.38. The normalized spacial score (nSPS) is 10.2. The number of carbonyl (C=O) groups is 1. The minimum absolute atomic E-state index is 0.585. The lowest BCUT2D eigenvalue weighted by Crippen LogP contribution is -2.02. The third kappa shape index (κ3) is 1.75. The van der Waals surface area contributed by atoms with Crippen LogP contribution in [0.15, 0.2) is 10.5 Å². The van der Waals surface area contributed by atoms with Gasteiger partial charge in [0.25, 0.3) is 0 Å². The molecule has 70 valence electrons. The molecule has 0 radical (unpaired) electrons. The number of hydrogen-bond donors (Lipinski definition) is 0. The van der Waals surface area contributed by atoms with E-state index in [1.165, 1.54) is 0 Å². The van der Waals surface area contributed by atoms with Gasteiger partial charge < -0.3 is 0 Å². The Morgan fingerprint density at radius 3 is 2.31 bits per heavy atom. The smallest absolute Gasteiger partial charge is 0.176 e. The zero-order chi connectivity index (χ0) is 10.2. The summed E-state index contributed by atoms with van der Waals surface area (Å²) in [6, 6.07) is 0.658. The SMILES string of the molecule is CC(=O)c1cc(F)c(Br)c(F)c1F. The summed E-state index contributed by atoms with van der Waals surface area (Å²) in [5.74, 6) is -4.43. The van der Waals surface area contributed by atoms with Crippen LogP contribution in [0.5, 0.6) is 0 Å². The summed E-state index contributed by atoms with van der Waals surface area (Å²) in [5, 5.41) is 0. The van der Waals surface area contributed by atoms with E-state index < -0.39 is 33.3 Å². The van der Waals surface area contributed by atoms with Crippen molar-refractivity contribution in [2.24, 2.45) is 0 Å². The van der Waals surface area contributed by atoms with E-state index in [4.69, 9.17) is 0 Å². The van der Waals surface area contributed by atoms with E-state index in [-0.39, 0.29) is 0 Å². The summed E-state index contributed by atoms with van der Waals surface area (Å²) < 4.78 is 37.9. The molecule has 0 aromatic heterocycles. The number of halogens is 4. The molecule has 0 fully saturated rings. The molecule has 5 heteroatoms. The maximum atomic E-state index is 12.9. The fourth-order valence-corrected chi connectivity index (χ4v) is 1.12. The van der Waals surface area contributed by atoms with Crippen LogP contribution >= 0.6 is 15.9 Å². The standard InChI is InChI=1S/C8H4BrF3O/c1-3(13)4-2-5(10)6(9)8(12)7(4)11/h2H,1H3. The second-order valence-corrected chi connectivity index (χ2v) is 3.20. The van der Waals surface area contributed by atoms with Gasteiger partial charge in [-0.05, 0) is 28.9 Å². The first-order valence-electron chi connectivity index (χ1n) is 3.29. The lowest BCUT2D eigenvalue weighted by molar-refractivity contribution is 0.101. The van der Waals surface area contributed by atoms with Crippen molar-refractivity contribution in [3.63, 3.8) is 0 Å². The molecule has 1 nitrogen and oxygen atoms in total. The molecule has 1 aromatic rings. The van der Waals surface area contributed by atoms with Crippen LogP contribution in [0.1, 0.15) is 17.3 Å². The van der Waals surface area contributed by atoms with Crippen LogP contribution in [0, 0.1) is 17.5 Å². The average Bonchev–Trinajstić information content (AvgIpc) is 2.07. The van der Waals surface area contributed by atoms with Gasteiger partial charge in [-0.25, -0.2) is 13.2 Å². The predicted octanol–water partition coefficient (Wildman–Crippen LogP) is 3.07. The second-order valence-electron chi connectivity index (χ2n) is 2.40. The third-order valence-corrected chi connectivity index (χ3v) is 2.21. The Hall–Kier alpha value is -0.840. The molecule has 0 aliphatic carbocycles. The third-order valence-electron chi connectivity index (χ3n) is 1.48. The Morgan fingerprint density at radius 1 is 1.31 bits per heavy atom. The van der Waals surface area contributed by atoms with Gasteiger partial charge in [0.15, 0.2) is 17.4 Å².